The Morgan fingerprint density at radius 2 is 2.00 bits per heavy atom. The van der Waals surface area contributed by atoms with Gasteiger partial charge >= 0.3 is 5.97 Å². The fourth-order valence-electron chi connectivity index (χ4n) is 2.68. The van der Waals surface area contributed by atoms with E-state index in [1.54, 1.807) is 0 Å². The first-order valence-corrected chi connectivity index (χ1v) is 7.26. The van der Waals surface area contributed by atoms with Gasteiger partial charge < -0.3 is 24.4 Å². The van der Waals surface area contributed by atoms with E-state index in [0.29, 0.717) is 6.61 Å². The Kier molecular flexibility index (Phi) is 5.90. The molecule has 0 spiro atoms. The van der Waals surface area contributed by atoms with Crippen molar-refractivity contribution in [3.8, 4) is 0 Å². The Balaban J connectivity index is 2.06. The first-order chi connectivity index (χ1) is 10.5. The standard InChI is InChI=1S/C16H22O6/c1-10-15(21-9-11-6-4-3-5-7-11)14(19)12(8-13(17)18)22-16(10)20-2/h3-7,10,12,14-16,19H,8-9H2,1-2H3,(H,17,18)/t10-,12+,14+,15-,16-/m0/s1. The predicted octanol–water partition coefficient (Wildman–Crippen LogP) is 1.41. The monoisotopic (exact) mass is 310 g/mol. The fraction of sp³-hybridized carbons (Fsp3) is 0.562. The van der Waals surface area contributed by atoms with Gasteiger partial charge in [-0.2, -0.15) is 0 Å². The van der Waals surface area contributed by atoms with Gasteiger partial charge in [-0.3, -0.25) is 4.79 Å². The van der Waals surface area contributed by atoms with Crippen molar-refractivity contribution in [2.75, 3.05) is 7.11 Å². The van der Waals surface area contributed by atoms with Crippen molar-refractivity contribution in [2.24, 2.45) is 5.92 Å². The van der Waals surface area contributed by atoms with Crippen LogP contribution in [0.25, 0.3) is 0 Å². The average Bonchev–Trinajstić information content (AvgIpc) is 2.50. The van der Waals surface area contributed by atoms with Crippen molar-refractivity contribution in [2.45, 2.75) is 44.6 Å². The van der Waals surface area contributed by atoms with Crippen LogP contribution in [0.15, 0.2) is 30.3 Å². The molecule has 0 unspecified atom stereocenters. The van der Waals surface area contributed by atoms with E-state index in [9.17, 15) is 9.90 Å². The number of aliphatic hydroxyl groups excluding tert-OH is 1. The molecule has 1 heterocycles. The highest BCUT2D eigenvalue weighted by Crippen LogP contribution is 2.30. The summed E-state index contributed by atoms with van der Waals surface area (Å²) in [5.41, 5.74) is 0.983. The van der Waals surface area contributed by atoms with Crippen LogP contribution >= 0.6 is 0 Å². The number of hydrogen-bond donors (Lipinski definition) is 2. The van der Waals surface area contributed by atoms with Gasteiger partial charge in [0.25, 0.3) is 0 Å². The van der Waals surface area contributed by atoms with Crippen LogP contribution in [0, 0.1) is 5.92 Å². The minimum atomic E-state index is -1.03. The van der Waals surface area contributed by atoms with Crippen molar-refractivity contribution in [1.29, 1.82) is 0 Å². The number of aliphatic carboxylic acids is 1. The lowest BCUT2D eigenvalue weighted by atomic mass is 9.90. The number of carbonyl (C=O) groups is 1. The molecule has 0 saturated carbocycles. The Hall–Kier alpha value is -1.47. The molecule has 122 valence electrons. The van der Waals surface area contributed by atoms with Crippen LogP contribution in [0.1, 0.15) is 18.9 Å². The highest BCUT2D eigenvalue weighted by atomic mass is 16.7. The molecule has 2 N–H and O–H groups in total. The van der Waals surface area contributed by atoms with Gasteiger partial charge in [0.2, 0.25) is 0 Å². The molecule has 0 bridgehead atoms. The second kappa shape index (κ2) is 7.69. The topological polar surface area (TPSA) is 85.2 Å². The van der Waals surface area contributed by atoms with Crippen LogP contribution in [0.3, 0.4) is 0 Å². The SMILES string of the molecule is CO[C@H]1O[C@H](CC(=O)O)[C@@H](O)[C@@H](OCc2ccccc2)[C@@H]1C. The lowest BCUT2D eigenvalue weighted by molar-refractivity contribution is -0.279. The van der Waals surface area contributed by atoms with Crippen molar-refractivity contribution >= 4 is 5.97 Å². The number of carboxylic acid groups (broad SMARTS) is 1. The smallest absolute Gasteiger partial charge is 0.306 e. The maximum Gasteiger partial charge on any atom is 0.306 e. The number of carboxylic acids is 1. The Labute approximate surface area is 129 Å². The third-order valence-corrected chi connectivity index (χ3v) is 3.87. The molecule has 0 amide bonds. The fourth-order valence-corrected chi connectivity index (χ4v) is 2.68. The first kappa shape index (κ1) is 16.9. The van der Waals surface area contributed by atoms with E-state index < -0.39 is 30.6 Å². The highest BCUT2D eigenvalue weighted by molar-refractivity contribution is 5.67. The van der Waals surface area contributed by atoms with Crippen LogP contribution in [-0.4, -0.2) is 47.9 Å². The van der Waals surface area contributed by atoms with Crippen molar-refractivity contribution in [3.63, 3.8) is 0 Å². The van der Waals surface area contributed by atoms with E-state index in [1.165, 1.54) is 7.11 Å². The molecule has 6 nitrogen and oxygen atoms in total. The molecule has 0 aromatic heterocycles. The molecule has 0 aliphatic carbocycles. The third-order valence-electron chi connectivity index (χ3n) is 3.87. The summed E-state index contributed by atoms with van der Waals surface area (Å²) in [4.78, 5) is 10.9. The second-order valence-electron chi connectivity index (χ2n) is 5.49. The second-order valence-corrected chi connectivity index (χ2v) is 5.49. The number of benzene rings is 1. The van der Waals surface area contributed by atoms with Crippen molar-refractivity contribution in [1.82, 2.24) is 0 Å². The van der Waals surface area contributed by atoms with E-state index in [0.717, 1.165) is 5.56 Å². The van der Waals surface area contributed by atoms with Crippen LogP contribution in [0.4, 0.5) is 0 Å². The molecule has 1 aromatic rings. The summed E-state index contributed by atoms with van der Waals surface area (Å²) in [5, 5.41) is 19.3. The highest BCUT2D eigenvalue weighted by Gasteiger charge is 2.44. The third kappa shape index (κ3) is 4.04. The van der Waals surface area contributed by atoms with Gasteiger partial charge in [-0.1, -0.05) is 37.3 Å². The number of ether oxygens (including phenoxy) is 3. The van der Waals surface area contributed by atoms with E-state index in [4.69, 9.17) is 19.3 Å². The van der Waals surface area contributed by atoms with Gasteiger partial charge in [-0.15, -0.1) is 0 Å². The van der Waals surface area contributed by atoms with E-state index >= 15 is 0 Å². The van der Waals surface area contributed by atoms with Crippen LogP contribution in [0.2, 0.25) is 0 Å². The minimum Gasteiger partial charge on any atom is -0.481 e. The largest absolute Gasteiger partial charge is 0.481 e. The molecule has 1 aliphatic rings. The zero-order valence-electron chi connectivity index (χ0n) is 12.7. The summed E-state index contributed by atoms with van der Waals surface area (Å²) in [6.45, 7) is 2.19. The summed E-state index contributed by atoms with van der Waals surface area (Å²) >= 11 is 0. The van der Waals surface area contributed by atoms with Gasteiger partial charge in [-0.25, -0.2) is 0 Å². The van der Waals surface area contributed by atoms with Crippen LogP contribution in [-0.2, 0) is 25.6 Å². The molecule has 1 fully saturated rings. The van der Waals surface area contributed by atoms with Gasteiger partial charge in [0, 0.05) is 13.0 Å². The molecule has 1 aliphatic heterocycles. The molecular formula is C16H22O6. The van der Waals surface area contributed by atoms with E-state index in [-0.39, 0.29) is 12.3 Å². The van der Waals surface area contributed by atoms with Gasteiger partial charge in [0.1, 0.15) is 6.10 Å². The minimum absolute atomic E-state index is 0.214. The molecule has 1 aromatic carbocycles. The molecule has 1 saturated heterocycles. The molecule has 5 atom stereocenters. The molecule has 22 heavy (non-hydrogen) atoms. The van der Waals surface area contributed by atoms with Crippen molar-refractivity contribution < 1.29 is 29.2 Å². The Morgan fingerprint density at radius 3 is 2.59 bits per heavy atom. The lowest BCUT2D eigenvalue weighted by Crippen LogP contribution is -2.55. The summed E-state index contributed by atoms with van der Waals surface area (Å²) in [6, 6.07) is 9.60. The molecule has 0 radical (unpaired) electrons. The predicted molar refractivity (Wildman–Crippen MR) is 78.1 cm³/mol. The molecular weight excluding hydrogens is 288 g/mol. The summed E-state index contributed by atoms with van der Waals surface area (Å²) in [5.74, 6) is -1.25. The number of hydrogen-bond acceptors (Lipinski definition) is 5. The zero-order chi connectivity index (χ0) is 16.1. The average molecular weight is 310 g/mol. The summed E-state index contributed by atoms with van der Waals surface area (Å²) in [7, 11) is 1.49. The maximum absolute atomic E-state index is 10.9. The van der Waals surface area contributed by atoms with E-state index in [2.05, 4.69) is 0 Å². The van der Waals surface area contributed by atoms with Gasteiger partial charge in [-0.05, 0) is 5.56 Å². The summed E-state index contributed by atoms with van der Waals surface area (Å²) < 4.78 is 16.6. The summed E-state index contributed by atoms with van der Waals surface area (Å²) in [6.07, 6.45) is -3.31. The van der Waals surface area contributed by atoms with Gasteiger partial charge in [0.15, 0.2) is 6.29 Å². The molecule has 6 heteroatoms. The Morgan fingerprint density at radius 1 is 1.32 bits per heavy atom. The zero-order valence-corrected chi connectivity index (χ0v) is 12.7. The maximum atomic E-state index is 10.9. The first-order valence-electron chi connectivity index (χ1n) is 7.26. The number of methoxy groups -OCH3 is 1. The van der Waals surface area contributed by atoms with Crippen LogP contribution in [0.5, 0.6) is 0 Å². The van der Waals surface area contributed by atoms with Crippen LogP contribution < -0.4 is 0 Å². The van der Waals surface area contributed by atoms with E-state index in [1.807, 2.05) is 37.3 Å². The number of aliphatic hydroxyl groups is 1. The van der Waals surface area contributed by atoms with Crippen molar-refractivity contribution in [3.05, 3.63) is 35.9 Å². The number of rotatable bonds is 6. The normalized spacial score (nSPS) is 31.9. The van der Waals surface area contributed by atoms with Gasteiger partial charge in [0.05, 0.1) is 25.2 Å². The molecule has 2 rings (SSSR count). The quantitative estimate of drug-likeness (QED) is 0.826. The lowest BCUT2D eigenvalue weighted by Gasteiger charge is -2.42. The Bertz CT molecular complexity index is 477.